The lowest BCUT2D eigenvalue weighted by molar-refractivity contribution is -0.123. The highest BCUT2D eigenvalue weighted by Crippen LogP contribution is 2.21. The van der Waals surface area contributed by atoms with E-state index in [9.17, 15) is 9.59 Å². The van der Waals surface area contributed by atoms with Crippen LogP contribution in [0.4, 0.5) is 0 Å². The van der Waals surface area contributed by atoms with E-state index < -0.39 is 11.9 Å². The van der Waals surface area contributed by atoms with Gasteiger partial charge in [0, 0.05) is 11.2 Å². The Labute approximate surface area is 173 Å². The number of hydrogen-bond acceptors (Lipinski definition) is 4. The van der Waals surface area contributed by atoms with Crippen LogP contribution in [0.3, 0.4) is 0 Å². The average Bonchev–Trinajstić information content (AvgIpc) is 2.65. The molecule has 2 rings (SSSR count). The van der Waals surface area contributed by atoms with Crippen molar-refractivity contribution in [2.75, 3.05) is 12.0 Å². The Bertz CT molecular complexity index is 790. The number of carbonyl (C=O) groups is 2. The van der Waals surface area contributed by atoms with E-state index >= 15 is 0 Å². The SMILES string of the molecule is CSCCC(NC(=O)c1ccc(Cl)cc1Cl)C(=O)NC(C)c1ccccn1. The molecular formula is C19H21Cl2N3O2S. The van der Waals surface area contributed by atoms with Gasteiger partial charge in [-0.2, -0.15) is 11.8 Å². The Morgan fingerprint density at radius 3 is 2.59 bits per heavy atom. The van der Waals surface area contributed by atoms with E-state index in [1.165, 1.54) is 6.07 Å². The van der Waals surface area contributed by atoms with Crippen LogP contribution in [0.1, 0.15) is 35.4 Å². The summed E-state index contributed by atoms with van der Waals surface area (Å²) >= 11 is 13.6. The van der Waals surface area contributed by atoms with E-state index in [4.69, 9.17) is 23.2 Å². The predicted octanol–water partition coefficient (Wildman–Crippen LogP) is 4.12. The molecule has 0 spiro atoms. The zero-order chi connectivity index (χ0) is 19.8. The number of hydrogen-bond donors (Lipinski definition) is 2. The van der Waals surface area contributed by atoms with Gasteiger partial charge in [-0.1, -0.05) is 29.3 Å². The minimum absolute atomic E-state index is 0.242. The van der Waals surface area contributed by atoms with E-state index in [1.54, 1.807) is 30.1 Å². The molecule has 0 bridgehead atoms. The molecule has 27 heavy (non-hydrogen) atoms. The third-order valence-corrected chi connectivity index (χ3v) is 5.09. The second-order valence-electron chi connectivity index (χ2n) is 5.92. The molecule has 0 saturated heterocycles. The second-order valence-corrected chi connectivity index (χ2v) is 7.75. The largest absolute Gasteiger partial charge is 0.346 e. The number of benzene rings is 1. The minimum atomic E-state index is -0.678. The second kappa shape index (κ2) is 10.5. The third-order valence-electron chi connectivity index (χ3n) is 3.90. The lowest BCUT2D eigenvalue weighted by Crippen LogP contribution is -2.47. The first kappa shape index (κ1) is 21.5. The highest BCUT2D eigenvalue weighted by Gasteiger charge is 2.24. The zero-order valence-electron chi connectivity index (χ0n) is 15.0. The van der Waals surface area contributed by atoms with E-state index in [0.29, 0.717) is 11.4 Å². The number of amides is 2. The van der Waals surface area contributed by atoms with Crippen LogP contribution in [0.5, 0.6) is 0 Å². The van der Waals surface area contributed by atoms with Crippen molar-refractivity contribution < 1.29 is 9.59 Å². The summed E-state index contributed by atoms with van der Waals surface area (Å²) in [5.41, 5.74) is 1.03. The standard InChI is InChI=1S/C19H21Cl2N3O2S/c1-12(16-5-3-4-9-22-16)23-19(26)17(8-10-27-2)24-18(25)14-7-6-13(20)11-15(14)21/h3-7,9,11-12,17H,8,10H2,1-2H3,(H,23,26)(H,24,25). The number of carbonyl (C=O) groups excluding carboxylic acids is 2. The van der Waals surface area contributed by atoms with E-state index in [0.717, 1.165) is 11.4 Å². The molecule has 1 heterocycles. The van der Waals surface area contributed by atoms with E-state index in [-0.39, 0.29) is 22.5 Å². The van der Waals surface area contributed by atoms with Crippen molar-refractivity contribution in [1.29, 1.82) is 0 Å². The fourth-order valence-electron chi connectivity index (χ4n) is 2.43. The molecule has 0 aliphatic carbocycles. The molecule has 0 aliphatic heterocycles. The van der Waals surface area contributed by atoms with Crippen LogP contribution >= 0.6 is 35.0 Å². The summed E-state index contributed by atoms with van der Waals surface area (Å²) in [6.07, 6.45) is 4.12. The molecule has 1 aromatic heterocycles. The minimum Gasteiger partial charge on any atom is -0.346 e. The van der Waals surface area contributed by atoms with Gasteiger partial charge in [0.1, 0.15) is 6.04 Å². The van der Waals surface area contributed by atoms with E-state index in [2.05, 4.69) is 15.6 Å². The van der Waals surface area contributed by atoms with Crippen molar-refractivity contribution in [3.8, 4) is 0 Å². The predicted molar refractivity (Wildman–Crippen MR) is 112 cm³/mol. The number of halogens is 2. The van der Waals surface area contributed by atoms with Crippen LogP contribution in [0.25, 0.3) is 0 Å². The van der Waals surface area contributed by atoms with Crippen LogP contribution in [0, 0.1) is 0 Å². The number of thioether (sulfide) groups is 1. The summed E-state index contributed by atoms with van der Waals surface area (Å²) in [5.74, 6) is 0.0501. The molecule has 2 N–H and O–H groups in total. The van der Waals surface area contributed by atoms with Crippen LogP contribution in [0.15, 0.2) is 42.6 Å². The zero-order valence-corrected chi connectivity index (χ0v) is 17.4. The summed E-state index contributed by atoms with van der Waals surface area (Å²) in [5, 5.41) is 6.36. The number of pyridine rings is 1. The lowest BCUT2D eigenvalue weighted by Gasteiger charge is -2.21. The highest BCUT2D eigenvalue weighted by molar-refractivity contribution is 7.98. The van der Waals surface area contributed by atoms with Crippen molar-refractivity contribution in [2.45, 2.75) is 25.4 Å². The Balaban J connectivity index is 2.09. The normalized spacial score (nSPS) is 12.9. The van der Waals surface area contributed by atoms with Gasteiger partial charge in [-0.05, 0) is 55.7 Å². The molecule has 8 heteroatoms. The first-order chi connectivity index (χ1) is 12.9. The first-order valence-corrected chi connectivity index (χ1v) is 10.5. The number of nitrogens with one attached hydrogen (secondary N) is 2. The van der Waals surface area contributed by atoms with Gasteiger partial charge in [0.2, 0.25) is 5.91 Å². The van der Waals surface area contributed by atoms with Gasteiger partial charge in [-0.3, -0.25) is 14.6 Å². The molecule has 0 aliphatic rings. The van der Waals surface area contributed by atoms with Crippen molar-refractivity contribution in [3.63, 3.8) is 0 Å². The van der Waals surface area contributed by atoms with Crippen molar-refractivity contribution in [2.24, 2.45) is 0 Å². The quantitative estimate of drug-likeness (QED) is 0.666. The third kappa shape index (κ3) is 6.41. The molecule has 0 fully saturated rings. The Morgan fingerprint density at radius 2 is 1.96 bits per heavy atom. The Hall–Kier alpha value is -1.76. The van der Waals surface area contributed by atoms with Gasteiger partial charge >= 0.3 is 0 Å². The maximum absolute atomic E-state index is 12.7. The maximum atomic E-state index is 12.7. The van der Waals surface area contributed by atoms with Crippen LogP contribution < -0.4 is 10.6 Å². The van der Waals surface area contributed by atoms with Crippen molar-refractivity contribution in [1.82, 2.24) is 15.6 Å². The Morgan fingerprint density at radius 1 is 1.19 bits per heavy atom. The molecular weight excluding hydrogens is 405 g/mol. The fraction of sp³-hybridized carbons (Fsp3) is 0.316. The highest BCUT2D eigenvalue weighted by atomic mass is 35.5. The van der Waals surface area contributed by atoms with Gasteiger partial charge in [0.05, 0.1) is 22.3 Å². The lowest BCUT2D eigenvalue weighted by atomic mass is 10.1. The Kier molecular flexibility index (Phi) is 8.41. The summed E-state index contributed by atoms with van der Waals surface area (Å²) in [7, 11) is 0. The molecule has 2 atom stereocenters. The monoisotopic (exact) mass is 425 g/mol. The first-order valence-electron chi connectivity index (χ1n) is 8.38. The fourth-order valence-corrected chi connectivity index (χ4v) is 3.40. The van der Waals surface area contributed by atoms with Gasteiger partial charge in [-0.25, -0.2) is 0 Å². The summed E-state index contributed by atoms with van der Waals surface area (Å²) < 4.78 is 0. The van der Waals surface area contributed by atoms with Crippen LogP contribution in [-0.4, -0.2) is 34.8 Å². The molecule has 5 nitrogen and oxygen atoms in total. The van der Waals surface area contributed by atoms with Gasteiger partial charge < -0.3 is 10.6 Å². The van der Waals surface area contributed by atoms with Gasteiger partial charge in [-0.15, -0.1) is 0 Å². The smallest absolute Gasteiger partial charge is 0.253 e. The number of aromatic nitrogens is 1. The van der Waals surface area contributed by atoms with Gasteiger partial charge in [0.25, 0.3) is 5.91 Å². The summed E-state index contributed by atoms with van der Waals surface area (Å²) in [6, 6.07) is 9.19. The number of nitrogens with zero attached hydrogens (tertiary/aromatic N) is 1. The van der Waals surface area contributed by atoms with E-state index in [1.807, 2.05) is 31.4 Å². The number of rotatable bonds is 8. The van der Waals surface area contributed by atoms with Crippen LogP contribution in [-0.2, 0) is 4.79 Å². The molecule has 0 saturated carbocycles. The van der Waals surface area contributed by atoms with Crippen molar-refractivity contribution in [3.05, 3.63) is 63.9 Å². The average molecular weight is 426 g/mol. The molecule has 1 aromatic carbocycles. The molecule has 2 aromatic rings. The van der Waals surface area contributed by atoms with Gasteiger partial charge in [0.15, 0.2) is 0 Å². The molecule has 2 amide bonds. The molecule has 2 unspecified atom stereocenters. The van der Waals surface area contributed by atoms with Crippen molar-refractivity contribution >= 4 is 46.8 Å². The molecule has 144 valence electrons. The van der Waals surface area contributed by atoms with Crippen LogP contribution in [0.2, 0.25) is 10.0 Å². The topological polar surface area (TPSA) is 71.1 Å². The summed E-state index contributed by atoms with van der Waals surface area (Å²) in [4.78, 5) is 29.5. The molecule has 0 radical (unpaired) electrons. The maximum Gasteiger partial charge on any atom is 0.253 e. The summed E-state index contributed by atoms with van der Waals surface area (Å²) in [6.45, 7) is 1.85.